The molecular formula is C9H11NOS. The second-order valence-electron chi connectivity index (χ2n) is 2.98. The maximum Gasteiger partial charge on any atom is 0.0662 e. The van der Waals surface area contributed by atoms with Gasteiger partial charge in [0.05, 0.1) is 5.71 Å². The Balaban J connectivity index is 2.25. The van der Waals surface area contributed by atoms with E-state index in [1.807, 2.05) is 11.8 Å². The summed E-state index contributed by atoms with van der Waals surface area (Å²) in [5.41, 5.74) is 0.948. The molecule has 1 N–H and O–H groups in total. The van der Waals surface area contributed by atoms with Crippen molar-refractivity contribution >= 4 is 17.5 Å². The van der Waals surface area contributed by atoms with Crippen molar-refractivity contribution in [2.24, 2.45) is 11.1 Å². The van der Waals surface area contributed by atoms with Gasteiger partial charge >= 0.3 is 0 Å². The van der Waals surface area contributed by atoms with Gasteiger partial charge in [-0.05, 0) is 17.7 Å². The summed E-state index contributed by atoms with van der Waals surface area (Å²) in [5.74, 6) is 1.42. The number of allylic oxidation sites excluding steroid dienone is 4. The van der Waals surface area contributed by atoms with Crippen molar-refractivity contribution in [3.05, 3.63) is 23.1 Å². The lowest BCUT2D eigenvalue weighted by atomic mass is 9.93. The maximum absolute atomic E-state index is 8.76. The van der Waals surface area contributed by atoms with Crippen molar-refractivity contribution < 1.29 is 5.21 Å². The minimum absolute atomic E-state index is 0.374. The molecule has 2 nitrogen and oxygen atoms in total. The van der Waals surface area contributed by atoms with Crippen molar-refractivity contribution in [1.29, 1.82) is 0 Å². The Hall–Kier alpha value is -0.700. The molecule has 1 heterocycles. The molecule has 1 saturated heterocycles. The van der Waals surface area contributed by atoms with Gasteiger partial charge in [-0.25, -0.2) is 0 Å². The first-order chi connectivity index (χ1) is 5.92. The van der Waals surface area contributed by atoms with Crippen LogP contribution in [0, 0.1) is 5.92 Å². The lowest BCUT2D eigenvalue weighted by Crippen LogP contribution is -2.22. The van der Waals surface area contributed by atoms with E-state index >= 15 is 0 Å². The molecule has 0 amide bonds. The van der Waals surface area contributed by atoms with E-state index in [1.165, 1.54) is 4.91 Å². The van der Waals surface area contributed by atoms with Gasteiger partial charge in [0.2, 0.25) is 0 Å². The fourth-order valence-electron chi connectivity index (χ4n) is 1.63. The van der Waals surface area contributed by atoms with Crippen molar-refractivity contribution in [3.63, 3.8) is 0 Å². The van der Waals surface area contributed by atoms with Crippen LogP contribution in [-0.2, 0) is 0 Å². The molecular weight excluding hydrogens is 170 g/mol. The zero-order valence-electron chi connectivity index (χ0n) is 6.73. The van der Waals surface area contributed by atoms with Gasteiger partial charge in [-0.2, -0.15) is 0 Å². The third kappa shape index (κ3) is 1.29. The standard InChI is InChI=1S/C9H11NOS/c11-10-8-5-6-12-9-4-2-1-3-7(8)9/h1-2,4,7,11H,3,5-6H2. The van der Waals surface area contributed by atoms with Crippen molar-refractivity contribution in [1.82, 2.24) is 0 Å². The molecule has 0 saturated carbocycles. The minimum Gasteiger partial charge on any atom is -0.411 e. The van der Waals surface area contributed by atoms with E-state index in [2.05, 4.69) is 23.4 Å². The van der Waals surface area contributed by atoms with Crippen LogP contribution in [0.4, 0.5) is 0 Å². The van der Waals surface area contributed by atoms with Gasteiger partial charge in [0.25, 0.3) is 0 Å². The SMILES string of the molecule is ON=C1CCSC2=CC=CCC21. The molecule has 3 heteroatoms. The van der Waals surface area contributed by atoms with Crippen molar-refractivity contribution in [2.45, 2.75) is 12.8 Å². The summed E-state index contributed by atoms with van der Waals surface area (Å²) in [6.07, 6.45) is 8.27. The first kappa shape index (κ1) is 7.92. The van der Waals surface area contributed by atoms with Crippen LogP contribution in [0.25, 0.3) is 0 Å². The summed E-state index contributed by atoms with van der Waals surface area (Å²) in [4.78, 5) is 1.36. The molecule has 0 radical (unpaired) electrons. The average Bonchev–Trinajstić information content (AvgIpc) is 2.17. The van der Waals surface area contributed by atoms with Crippen molar-refractivity contribution in [3.8, 4) is 0 Å². The zero-order chi connectivity index (χ0) is 8.39. The topological polar surface area (TPSA) is 32.6 Å². The summed E-state index contributed by atoms with van der Waals surface area (Å²) >= 11 is 1.88. The molecule has 1 unspecified atom stereocenters. The lowest BCUT2D eigenvalue weighted by molar-refractivity contribution is 0.314. The average molecular weight is 181 g/mol. The van der Waals surface area contributed by atoms with Crippen LogP contribution in [0.3, 0.4) is 0 Å². The van der Waals surface area contributed by atoms with Crippen LogP contribution in [0.1, 0.15) is 12.8 Å². The third-order valence-corrected chi connectivity index (χ3v) is 3.43. The Labute approximate surface area is 76.0 Å². The van der Waals surface area contributed by atoms with Gasteiger partial charge in [-0.3, -0.25) is 0 Å². The van der Waals surface area contributed by atoms with E-state index < -0.39 is 0 Å². The molecule has 1 aliphatic heterocycles. The van der Waals surface area contributed by atoms with E-state index in [-0.39, 0.29) is 0 Å². The van der Waals surface area contributed by atoms with Gasteiger partial charge in [0, 0.05) is 11.7 Å². The van der Waals surface area contributed by atoms with E-state index in [0.717, 1.165) is 24.3 Å². The first-order valence-corrected chi connectivity index (χ1v) is 5.10. The Bertz CT molecular complexity index is 268. The predicted octanol–water partition coefficient (Wildman–Crippen LogP) is 2.41. The fraction of sp³-hybridized carbons (Fsp3) is 0.444. The monoisotopic (exact) mass is 181 g/mol. The Kier molecular flexibility index (Phi) is 2.21. The highest BCUT2D eigenvalue weighted by Crippen LogP contribution is 2.36. The van der Waals surface area contributed by atoms with Crippen LogP contribution in [0.2, 0.25) is 0 Å². The number of oxime groups is 1. The summed E-state index contributed by atoms with van der Waals surface area (Å²) < 4.78 is 0. The minimum atomic E-state index is 0.374. The predicted molar refractivity (Wildman–Crippen MR) is 51.6 cm³/mol. The highest BCUT2D eigenvalue weighted by atomic mass is 32.2. The number of thioether (sulfide) groups is 1. The molecule has 1 aliphatic carbocycles. The van der Waals surface area contributed by atoms with E-state index in [9.17, 15) is 0 Å². The molecule has 0 aromatic rings. The highest BCUT2D eigenvalue weighted by molar-refractivity contribution is 8.03. The normalized spacial score (nSPS) is 31.5. The Morgan fingerprint density at radius 2 is 2.50 bits per heavy atom. The second kappa shape index (κ2) is 3.35. The third-order valence-electron chi connectivity index (χ3n) is 2.27. The number of fused-ring (bicyclic) bond motifs is 1. The second-order valence-corrected chi connectivity index (χ2v) is 4.14. The molecule has 0 bridgehead atoms. The molecule has 0 spiro atoms. The largest absolute Gasteiger partial charge is 0.411 e. The zero-order valence-corrected chi connectivity index (χ0v) is 7.55. The molecule has 0 aromatic heterocycles. The maximum atomic E-state index is 8.76. The Morgan fingerprint density at radius 1 is 1.58 bits per heavy atom. The van der Waals surface area contributed by atoms with Crippen molar-refractivity contribution in [2.75, 3.05) is 5.75 Å². The van der Waals surface area contributed by atoms with E-state index in [1.54, 1.807) is 0 Å². The van der Waals surface area contributed by atoms with Gasteiger partial charge < -0.3 is 5.21 Å². The van der Waals surface area contributed by atoms with Gasteiger partial charge in [-0.15, -0.1) is 11.8 Å². The van der Waals surface area contributed by atoms with Crippen LogP contribution >= 0.6 is 11.8 Å². The quantitative estimate of drug-likeness (QED) is 0.460. The fourth-order valence-corrected chi connectivity index (χ4v) is 2.78. The number of rotatable bonds is 0. The summed E-state index contributed by atoms with van der Waals surface area (Å²) in [6, 6.07) is 0. The summed E-state index contributed by atoms with van der Waals surface area (Å²) in [6.45, 7) is 0. The molecule has 64 valence electrons. The smallest absolute Gasteiger partial charge is 0.0662 e. The Morgan fingerprint density at radius 3 is 3.33 bits per heavy atom. The molecule has 1 atom stereocenters. The molecule has 0 aromatic carbocycles. The lowest BCUT2D eigenvalue weighted by Gasteiger charge is -2.26. The summed E-state index contributed by atoms with van der Waals surface area (Å²) in [5, 5.41) is 12.1. The van der Waals surface area contributed by atoms with Gasteiger partial charge in [0.15, 0.2) is 0 Å². The molecule has 2 aliphatic rings. The van der Waals surface area contributed by atoms with Gasteiger partial charge in [0.1, 0.15) is 0 Å². The number of hydrogen-bond acceptors (Lipinski definition) is 3. The van der Waals surface area contributed by atoms with E-state index in [0.29, 0.717) is 5.92 Å². The van der Waals surface area contributed by atoms with Gasteiger partial charge in [-0.1, -0.05) is 23.4 Å². The summed E-state index contributed by atoms with van der Waals surface area (Å²) in [7, 11) is 0. The van der Waals surface area contributed by atoms with Crippen LogP contribution in [-0.4, -0.2) is 16.7 Å². The molecule has 12 heavy (non-hydrogen) atoms. The van der Waals surface area contributed by atoms with Crippen LogP contribution in [0.5, 0.6) is 0 Å². The number of nitrogens with zero attached hydrogens (tertiary/aromatic N) is 1. The van der Waals surface area contributed by atoms with Crippen LogP contribution < -0.4 is 0 Å². The van der Waals surface area contributed by atoms with Crippen LogP contribution in [0.15, 0.2) is 28.3 Å². The molecule has 2 rings (SSSR count). The highest BCUT2D eigenvalue weighted by Gasteiger charge is 2.25. The molecule has 1 fully saturated rings. The van der Waals surface area contributed by atoms with E-state index in [4.69, 9.17) is 5.21 Å². The number of hydrogen-bond donors (Lipinski definition) is 1. The first-order valence-electron chi connectivity index (χ1n) is 4.12.